The maximum absolute atomic E-state index is 11.6. The van der Waals surface area contributed by atoms with Gasteiger partial charge in [-0.1, -0.05) is 32.1 Å². The molecule has 5 heteroatoms. The normalized spacial score (nSPS) is 11.2. The molecule has 0 fully saturated rings. The van der Waals surface area contributed by atoms with Crippen molar-refractivity contribution < 1.29 is 9.59 Å². The number of Topliss-reactive ketones (excluding diaryl/α,β-unsaturated/α-hetero) is 1. The summed E-state index contributed by atoms with van der Waals surface area (Å²) in [4.78, 5) is 26.5. The third kappa shape index (κ3) is 3.13. The number of ketones is 1. The van der Waals surface area contributed by atoms with Crippen molar-refractivity contribution in [2.75, 3.05) is 5.32 Å². The molecule has 0 atom stereocenters. The van der Waals surface area contributed by atoms with Gasteiger partial charge < -0.3 is 5.32 Å². The second-order valence-corrected chi connectivity index (χ2v) is 5.13. The van der Waals surface area contributed by atoms with Crippen LogP contribution in [0.25, 0.3) is 0 Å². The molecule has 1 rings (SSSR count). The van der Waals surface area contributed by atoms with Crippen molar-refractivity contribution in [1.29, 1.82) is 0 Å². The first-order valence-electron chi connectivity index (χ1n) is 4.38. The van der Waals surface area contributed by atoms with Crippen LogP contribution in [0.2, 0.25) is 0 Å². The van der Waals surface area contributed by atoms with Crippen LogP contribution in [0.1, 0.15) is 30.4 Å². The summed E-state index contributed by atoms with van der Waals surface area (Å²) in [6, 6.07) is 0. The van der Waals surface area contributed by atoms with E-state index >= 15 is 0 Å². The minimum absolute atomic E-state index is 0.145. The molecular weight excluding hydrogens is 212 g/mol. The van der Waals surface area contributed by atoms with Crippen molar-refractivity contribution in [3.63, 3.8) is 0 Å². The number of aromatic nitrogens is 1. The third-order valence-electron chi connectivity index (χ3n) is 1.65. The van der Waals surface area contributed by atoms with E-state index in [2.05, 4.69) is 10.3 Å². The number of hydrogen-bond donors (Lipinski definition) is 1. The van der Waals surface area contributed by atoms with Gasteiger partial charge in [-0.15, -0.1) is 0 Å². The van der Waals surface area contributed by atoms with Crippen molar-refractivity contribution >= 4 is 28.2 Å². The molecule has 1 amide bonds. The smallest absolute Gasteiger partial charge is 0.231 e. The molecule has 1 aromatic heterocycles. The van der Waals surface area contributed by atoms with Gasteiger partial charge >= 0.3 is 0 Å². The highest BCUT2D eigenvalue weighted by Gasteiger charge is 2.22. The zero-order chi connectivity index (χ0) is 11.6. The molecule has 0 spiro atoms. The van der Waals surface area contributed by atoms with Gasteiger partial charge in [-0.2, -0.15) is 0 Å². The molecule has 0 bridgehead atoms. The monoisotopic (exact) mass is 224 g/mol. The number of thiazole rings is 1. The summed E-state index contributed by atoms with van der Waals surface area (Å²) in [7, 11) is 0. The standard InChI is InChI=1S/C10H12N2O2S/c1-6(13)7-5-11-9(15-7)12-8(14)10(2,3)4/h1,5H,2-4H3,(H,11,12,14). The Morgan fingerprint density at radius 3 is 2.47 bits per heavy atom. The first-order valence-corrected chi connectivity index (χ1v) is 5.19. The predicted molar refractivity (Wildman–Crippen MR) is 58.8 cm³/mol. The van der Waals surface area contributed by atoms with Crippen LogP contribution in [-0.2, 0) is 4.79 Å². The average molecular weight is 224 g/mol. The van der Waals surface area contributed by atoms with E-state index in [1.54, 1.807) is 20.8 Å². The van der Waals surface area contributed by atoms with Gasteiger partial charge in [-0.3, -0.25) is 9.59 Å². The molecule has 0 saturated carbocycles. The van der Waals surface area contributed by atoms with Gasteiger partial charge in [0.05, 0.1) is 11.1 Å². The Kier molecular flexibility index (Phi) is 3.24. The van der Waals surface area contributed by atoms with Crippen molar-refractivity contribution in [3.8, 4) is 0 Å². The fourth-order valence-corrected chi connectivity index (χ4v) is 1.39. The van der Waals surface area contributed by atoms with Crippen molar-refractivity contribution in [1.82, 2.24) is 4.98 Å². The first kappa shape index (κ1) is 11.8. The van der Waals surface area contributed by atoms with Crippen LogP contribution in [0.3, 0.4) is 0 Å². The molecule has 0 aliphatic rings. The molecule has 2 radical (unpaired) electrons. The lowest BCUT2D eigenvalue weighted by Crippen LogP contribution is -2.27. The molecule has 0 saturated heterocycles. The summed E-state index contributed by atoms with van der Waals surface area (Å²) in [5.74, 6) is -0.684. The molecule has 0 aliphatic heterocycles. The highest BCUT2D eigenvalue weighted by atomic mass is 32.1. The number of nitrogens with zero attached hydrogens (tertiary/aromatic N) is 1. The SMILES string of the molecule is [CH]C(=O)c1cnc(NC(=O)C(C)(C)C)s1. The lowest BCUT2D eigenvalue weighted by molar-refractivity contribution is -0.123. The van der Waals surface area contributed by atoms with Gasteiger partial charge in [0.25, 0.3) is 0 Å². The minimum atomic E-state index is -0.538. The Morgan fingerprint density at radius 2 is 2.07 bits per heavy atom. The topological polar surface area (TPSA) is 59.1 Å². The second-order valence-electron chi connectivity index (χ2n) is 4.10. The Balaban J connectivity index is 2.74. The Labute approximate surface area is 92.7 Å². The minimum Gasteiger partial charge on any atom is -0.302 e. The third-order valence-corrected chi connectivity index (χ3v) is 2.58. The average Bonchev–Trinajstić information content (AvgIpc) is 2.50. The first-order chi connectivity index (χ1) is 6.80. The molecule has 1 heterocycles. The molecule has 0 unspecified atom stereocenters. The summed E-state index contributed by atoms with van der Waals surface area (Å²) in [6.45, 7) is 10.5. The maximum atomic E-state index is 11.6. The van der Waals surface area contributed by atoms with E-state index in [0.29, 0.717) is 10.0 Å². The summed E-state index contributed by atoms with van der Waals surface area (Å²) < 4.78 is 0. The Bertz CT molecular complexity index is 390. The van der Waals surface area contributed by atoms with E-state index < -0.39 is 11.2 Å². The molecule has 80 valence electrons. The van der Waals surface area contributed by atoms with E-state index in [-0.39, 0.29) is 5.91 Å². The lowest BCUT2D eigenvalue weighted by atomic mass is 9.96. The second kappa shape index (κ2) is 4.10. The number of nitrogens with one attached hydrogen (secondary N) is 1. The van der Waals surface area contributed by atoms with Gasteiger partial charge in [0.1, 0.15) is 0 Å². The number of hydrogen-bond acceptors (Lipinski definition) is 4. The fourth-order valence-electron chi connectivity index (χ4n) is 0.730. The van der Waals surface area contributed by atoms with Crippen LogP contribution in [0.15, 0.2) is 6.20 Å². The van der Waals surface area contributed by atoms with E-state index in [9.17, 15) is 9.59 Å². The summed E-state index contributed by atoms with van der Waals surface area (Å²) in [6.07, 6.45) is 1.35. The zero-order valence-electron chi connectivity index (χ0n) is 8.83. The van der Waals surface area contributed by atoms with Crippen LogP contribution in [-0.4, -0.2) is 16.7 Å². The summed E-state index contributed by atoms with van der Waals surface area (Å²) >= 11 is 1.07. The van der Waals surface area contributed by atoms with E-state index in [1.165, 1.54) is 6.20 Å². The predicted octanol–water partition coefficient (Wildman–Crippen LogP) is 2.02. The van der Waals surface area contributed by atoms with Crippen LogP contribution in [0.5, 0.6) is 0 Å². The van der Waals surface area contributed by atoms with Gasteiger partial charge in [-0.25, -0.2) is 4.98 Å². The van der Waals surface area contributed by atoms with E-state index in [0.717, 1.165) is 11.3 Å². The number of amides is 1. The van der Waals surface area contributed by atoms with E-state index in [1.807, 2.05) is 0 Å². The Morgan fingerprint density at radius 1 is 1.47 bits per heavy atom. The maximum Gasteiger partial charge on any atom is 0.231 e. The van der Waals surface area contributed by atoms with Crippen LogP contribution < -0.4 is 5.32 Å². The number of rotatable bonds is 2. The quantitative estimate of drug-likeness (QED) is 0.782. The summed E-state index contributed by atoms with van der Waals surface area (Å²) in [5, 5.41) is 3.01. The lowest BCUT2D eigenvalue weighted by Gasteiger charge is -2.15. The molecule has 1 aromatic rings. The van der Waals surface area contributed by atoms with Gasteiger partial charge in [0.15, 0.2) is 10.9 Å². The fraction of sp³-hybridized carbons (Fsp3) is 0.400. The van der Waals surface area contributed by atoms with E-state index in [4.69, 9.17) is 6.92 Å². The Hall–Kier alpha value is -1.23. The number of carbonyl (C=O) groups is 2. The molecule has 0 aromatic carbocycles. The van der Waals surface area contributed by atoms with Gasteiger partial charge in [0.2, 0.25) is 5.91 Å². The van der Waals surface area contributed by atoms with Crippen molar-refractivity contribution in [3.05, 3.63) is 18.0 Å². The molecule has 15 heavy (non-hydrogen) atoms. The number of anilines is 1. The summed E-state index contributed by atoms with van der Waals surface area (Å²) in [5.41, 5.74) is -0.488. The van der Waals surface area contributed by atoms with Gasteiger partial charge in [0, 0.05) is 12.3 Å². The van der Waals surface area contributed by atoms with Crippen LogP contribution in [0, 0.1) is 12.3 Å². The molecule has 0 aliphatic carbocycles. The highest BCUT2D eigenvalue weighted by Crippen LogP contribution is 2.21. The molecule has 1 N–H and O–H groups in total. The number of carbonyl (C=O) groups excluding carboxylic acids is 2. The van der Waals surface area contributed by atoms with Crippen molar-refractivity contribution in [2.24, 2.45) is 5.41 Å². The molecular formula is C10H12N2O2S. The zero-order valence-corrected chi connectivity index (χ0v) is 9.64. The van der Waals surface area contributed by atoms with Crippen molar-refractivity contribution in [2.45, 2.75) is 20.8 Å². The highest BCUT2D eigenvalue weighted by molar-refractivity contribution is 7.17. The molecule has 4 nitrogen and oxygen atoms in total. The van der Waals surface area contributed by atoms with Gasteiger partial charge in [-0.05, 0) is 0 Å². The van der Waals surface area contributed by atoms with Crippen LogP contribution >= 0.6 is 11.3 Å². The van der Waals surface area contributed by atoms with Crippen LogP contribution in [0.4, 0.5) is 5.13 Å². The largest absolute Gasteiger partial charge is 0.302 e.